The zero-order chi connectivity index (χ0) is 18.1. The molecule has 6 atom stereocenters. The summed E-state index contributed by atoms with van der Waals surface area (Å²) in [5.74, 6) is 1.69. The van der Waals surface area contributed by atoms with Crippen molar-refractivity contribution in [3.63, 3.8) is 0 Å². The van der Waals surface area contributed by atoms with Gasteiger partial charge in [-0.3, -0.25) is 9.59 Å². The maximum Gasteiger partial charge on any atom is 0.173 e. The number of aliphatic hydroxyl groups is 1. The molecule has 0 aromatic heterocycles. The van der Waals surface area contributed by atoms with E-state index in [0.29, 0.717) is 17.6 Å². The Balaban J connectivity index is 1.82. The van der Waals surface area contributed by atoms with Crippen LogP contribution in [0, 0.1) is 34.5 Å². The van der Waals surface area contributed by atoms with E-state index in [-0.39, 0.29) is 28.8 Å². The van der Waals surface area contributed by atoms with E-state index in [4.69, 9.17) is 0 Å². The number of allylic oxidation sites excluding steroid dienone is 5. The highest BCUT2D eigenvalue weighted by molar-refractivity contribution is 6.02. The molecule has 1 N–H and O–H groups in total. The highest BCUT2D eigenvalue weighted by atomic mass is 16.3. The average Bonchev–Trinajstić information content (AvgIpc) is 2.88. The Labute approximate surface area is 149 Å². The molecular weight excluding hydrogens is 312 g/mol. The van der Waals surface area contributed by atoms with Crippen molar-refractivity contribution in [2.45, 2.75) is 53.4 Å². The Kier molecular flexibility index (Phi) is 3.49. The highest BCUT2D eigenvalue weighted by Gasteiger charge is 2.59. The molecule has 0 aromatic carbocycles. The summed E-state index contributed by atoms with van der Waals surface area (Å²) in [4.78, 5) is 25.1. The second-order valence-electron chi connectivity index (χ2n) is 9.12. The van der Waals surface area contributed by atoms with Crippen LogP contribution in [0.15, 0.2) is 35.1 Å². The quantitative estimate of drug-likeness (QED) is 0.712. The van der Waals surface area contributed by atoms with Crippen LogP contribution in [-0.4, -0.2) is 16.7 Å². The number of carbonyl (C=O) groups is 2. The molecule has 0 spiro atoms. The Morgan fingerprint density at radius 1 is 1.20 bits per heavy atom. The molecule has 0 amide bonds. The third kappa shape index (κ3) is 2.04. The monoisotopic (exact) mass is 340 g/mol. The first-order valence-corrected chi connectivity index (χ1v) is 9.57. The minimum atomic E-state index is -0.607. The summed E-state index contributed by atoms with van der Waals surface area (Å²) in [6.45, 7) is 8.24. The van der Waals surface area contributed by atoms with Crippen LogP contribution in [0.2, 0.25) is 0 Å². The van der Waals surface area contributed by atoms with Gasteiger partial charge in [-0.15, -0.1) is 0 Å². The number of hydrogen-bond acceptors (Lipinski definition) is 3. The maximum atomic E-state index is 12.9. The molecule has 0 heterocycles. The zero-order valence-electron chi connectivity index (χ0n) is 15.6. The van der Waals surface area contributed by atoms with Crippen molar-refractivity contribution in [1.29, 1.82) is 0 Å². The van der Waals surface area contributed by atoms with Gasteiger partial charge >= 0.3 is 0 Å². The van der Waals surface area contributed by atoms with Crippen molar-refractivity contribution < 1.29 is 14.7 Å². The smallest absolute Gasteiger partial charge is 0.173 e. The third-order valence-corrected chi connectivity index (χ3v) is 7.92. The number of hydrogen-bond donors (Lipinski definition) is 1. The van der Waals surface area contributed by atoms with Crippen LogP contribution in [0.25, 0.3) is 0 Å². The summed E-state index contributed by atoms with van der Waals surface area (Å²) in [5, 5.41) is 9.94. The normalized spacial score (nSPS) is 45.6. The standard InChI is InChI=1S/C22H28O3/c1-12-9-15-17-6-5-16(13(2)23)21(17,3)8-7-18(15)22(4)19(12)10-14(24)11-20(22)25/h7,10-12,15-17,24H,5-6,8-9H2,1-4H3/t12-,15-,16+,17-,21+,22+/m0/s1. The van der Waals surface area contributed by atoms with Gasteiger partial charge in [-0.05, 0) is 74.3 Å². The Bertz CT molecular complexity index is 755. The molecule has 2 saturated carbocycles. The number of Topliss-reactive ketones (excluding diaryl/α,β-unsaturated/α-hetero) is 1. The Morgan fingerprint density at radius 2 is 1.92 bits per heavy atom. The van der Waals surface area contributed by atoms with Gasteiger partial charge in [-0.25, -0.2) is 0 Å². The van der Waals surface area contributed by atoms with Gasteiger partial charge in [0.05, 0.1) is 5.41 Å². The second kappa shape index (κ2) is 5.18. The molecule has 4 aliphatic carbocycles. The lowest BCUT2D eigenvalue weighted by Gasteiger charge is -2.53. The SMILES string of the molecule is CC(=O)[C@H]1CC[C@H]2[C@@H]3C[C@H](C)C4=CC(O)=CC(=O)[C@]4(C)C3=CC[C@]12C. The molecule has 25 heavy (non-hydrogen) atoms. The van der Waals surface area contributed by atoms with E-state index >= 15 is 0 Å². The molecule has 4 aliphatic rings. The van der Waals surface area contributed by atoms with Crippen LogP contribution in [0.1, 0.15) is 53.4 Å². The fourth-order valence-corrected chi connectivity index (χ4v) is 6.67. The Hall–Kier alpha value is -1.64. The van der Waals surface area contributed by atoms with Crippen molar-refractivity contribution in [1.82, 2.24) is 0 Å². The number of carbonyl (C=O) groups excluding carboxylic acids is 2. The van der Waals surface area contributed by atoms with E-state index in [2.05, 4.69) is 19.9 Å². The van der Waals surface area contributed by atoms with Crippen LogP contribution < -0.4 is 0 Å². The van der Waals surface area contributed by atoms with Crippen molar-refractivity contribution in [3.8, 4) is 0 Å². The summed E-state index contributed by atoms with van der Waals surface area (Å²) in [7, 11) is 0. The predicted octanol–water partition coefficient (Wildman–Crippen LogP) is 4.55. The van der Waals surface area contributed by atoms with Crippen molar-refractivity contribution >= 4 is 11.6 Å². The van der Waals surface area contributed by atoms with Gasteiger partial charge in [-0.1, -0.05) is 25.5 Å². The summed E-state index contributed by atoms with van der Waals surface area (Å²) < 4.78 is 0. The van der Waals surface area contributed by atoms with Gasteiger partial charge in [-0.2, -0.15) is 0 Å². The summed E-state index contributed by atoms with van der Waals surface area (Å²) >= 11 is 0. The van der Waals surface area contributed by atoms with Crippen LogP contribution in [0.4, 0.5) is 0 Å². The van der Waals surface area contributed by atoms with E-state index < -0.39 is 5.41 Å². The van der Waals surface area contributed by atoms with Gasteiger partial charge in [0.1, 0.15) is 11.5 Å². The van der Waals surface area contributed by atoms with Gasteiger partial charge in [0.25, 0.3) is 0 Å². The predicted molar refractivity (Wildman–Crippen MR) is 96.9 cm³/mol. The topological polar surface area (TPSA) is 54.4 Å². The molecule has 3 nitrogen and oxygen atoms in total. The minimum absolute atomic E-state index is 0.00928. The number of fused-ring (bicyclic) bond motifs is 5. The molecule has 0 bridgehead atoms. The first kappa shape index (κ1) is 16.8. The average molecular weight is 340 g/mol. The molecule has 0 saturated heterocycles. The lowest BCUT2D eigenvalue weighted by molar-refractivity contribution is -0.126. The first-order chi connectivity index (χ1) is 11.7. The summed E-state index contributed by atoms with van der Waals surface area (Å²) in [5.41, 5.74) is 1.74. The van der Waals surface area contributed by atoms with Crippen molar-refractivity contribution in [3.05, 3.63) is 35.1 Å². The molecule has 2 fully saturated rings. The summed E-state index contributed by atoms with van der Waals surface area (Å²) in [6.07, 6.45) is 9.43. The molecule has 0 unspecified atom stereocenters. The van der Waals surface area contributed by atoms with Crippen molar-refractivity contribution in [2.24, 2.45) is 34.5 Å². The van der Waals surface area contributed by atoms with E-state index in [1.807, 2.05) is 13.0 Å². The second-order valence-corrected chi connectivity index (χ2v) is 9.12. The summed E-state index contributed by atoms with van der Waals surface area (Å²) in [6, 6.07) is 0. The molecule has 0 radical (unpaired) electrons. The number of aliphatic hydroxyl groups excluding tert-OH is 1. The molecule has 3 heteroatoms. The minimum Gasteiger partial charge on any atom is -0.508 e. The molecule has 0 aromatic rings. The number of ketones is 2. The first-order valence-electron chi connectivity index (χ1n) is 9.57. The van der Waals surface area contributed by atoms with Crippen LogP contribution in [0.3, 0.4) is 0 Å². The largest absolute Gasteiger partial charge is 0.508 e. The highest BCUT2D eigenvalue weighted by Crippen LogP contribution is 2.64. The van der Waals surface area contributed by atoms with Gasteiger partial charge < -0.3 is 5.11 Å². The van der Waals surface area contributed by atoms with Crippen molar-refractivity contribution in [2.75, 3.05) is 0 Å². The van der Waals surface area contributed by atoms with Crippen LogP contribution in [-0.2, 0) is 9.59 Å². The lowest BCUT2D eigenvalue weighted by Crippen LogP contribution is -2.49. The van der Waals surface area contributed by atoms with E-state index in [0.717, 1.165) is 31.3 Å². The molecule has 0 aliphatic heterocycles. The lowest BCUT2D eigenvalue weighted by atomic mass is 9.49. The Morgan fingerprint density at radius 3 is 2.60 bits per heavy atom. The van der Waals surface area contributed by atoms with Gasteiger partial charge in [0.2, 0.25) is 0 Å². The van der Waals surface area contributed by atoms with Crippen LogP contribution in [0.5, 0.6) is 0 Å². The molecule has 134 valence electrons. The van der Waals surface area contributed by atoms with E-state index in [1.165, 1.54) is 11.6 Å². The molecular formula is C22H28O3. The van der Waals surface area contributed by atoms with E-state index in [1.54, 1.807) is 6.92 Å². The van der Waals surface area contributed by atoms with Crippen LogP contribution >= 0.6 is 0 Å². The zero-order valence-corrected chi connectivity index (χ0v) is 15.6. The van der Waals surface area contributed by atoms with Gasteiger partial charge in [0, 0.05) is 12.0 Å². The number of rotatable bonds is 1. The fourth-order valence-electron chi connectivity index (χ4n) is 6.67. The van der Waals surface area contributed by atoms with E-state index in [9.17, 15) is 14.7 Å². The third-order valence-electron chi connectivity index (χ3n) is 7.92. The maximum absolute atomic E-state index is 12.9. The fraction of sp³-hybridized carbons (Fsp3) is 0.636. The van der Waals surface area contributed by atoms with Gasteiger partial charge in [0.15, 0.2) is 5.78 Å². The molecule has 4 rings (SSSR count).